The zero-order valence-electron chi connectivity index (χ0n) is 8.77. The maximum Gasteiger partial charge on any atom is 0.207 e. The molecule has 84 valence electrons. The van der Waals surface area contributed by atoms with E-state index < -0.39 is 0 Å². The molecule has 4 nitrogen and oxygen atoms in total. The predicted octanol–water partition coefficient (Wildman–Crippen LogP) is 2.67. The van der Waals surface area contributed by atoms with Crippen LogP contribution in [0.5, 0.6) is 0 Å². The van der Waals surface area contributed by atoms with Crippen molar-refractivity contribution in [2.24, 2.45) is 4.99 Å². The molecular weight excluding hydrogens is 240 g/mol. The second-order valence-corrected chi connectivity index (χ2v) is 5.45. The number of amidine groups is 1. The highest BCUT2D eigenvalue weighted by molar-refractivity contribution is 7.73. The normalized spacial score (nSPS) is 18.7. The van der Waals surface area contributed by atoms with Gasteiger partial charge >= 0.3 is 0 Å². The van der Waals surface area contributed by atoms with Gasteiger partial charge in [0.15, 0.2) is 3.95 Å². The number of piperidine rings is 1. The van der Waals surface area contributed by atoms with Gasteiger partial charge in [0.25, 0.3) is 0 Å². The first kappa shape index (κ1) is 11.3. The molecule has 0 atom stereocenters. The van der Waals surface area contributed by atoms with Crippen LogP contribution in [0.1, 0.15) is 24.1 Å². The van der Waals surface area contributed by atoms with Gasteiger partial charge in [0, 0.05) is 24.0 Å². The lowest BCUT2D eigenvalue weighted by Crippen LogP contribution is -2.34. The average molecular weight is 252 g/mol. The van der Waals surface area contributed by atoms with Crippen molar-refractivity contribution in [3.63, 3.8) is 0 Å². The summed E-state index contributed by atoms with van der Waals surface area (Å²) in [5.74, 6) is 0.910. The van der Waals surface area contributed by atoms with Crippen molar-refractivity contribution in [1.82, 2.24) is 9.88 Å². The molecule has 0 saturated carbocycles. The lowest BCUT2D eigenvalue weighted by atomic mass is 10.1. The van der Waals surface area contributed by atoms with Crippen LogP contribution in [0.4, 0.5) is 0 Å². The summed E-state index contributed by atoms with van der Waals surface area (Å²) in [4.78, 5) is 10.3. The van der Waals surface area contributed by atoms with Gasteiger partial charge in [-0.05, 0) is 25.1 Å². The number of likely N-dealkylation sites (tertiary alicyclic amines) is 1. The Morgan fingerprint density at radius 1 is 1.62 bits per heavy atom. The smallest absolute Gasteiger partial charge is 0.207 e. The molecule has 0 bridgehead atoms. The summed E-state index contributed by atoms with van der Waals surface area (Å²) in [6, 6.07) is 0. The van der Waals surface area contributed by atoms with Gasteiger partial charge in [-0.25, -0.2) is 0 Å². The number of aliphatic imine (C=N–C) groups is 1. The maximum atomic E-state index is 8.62. The van der Waals surface area contributed by atoms with Gasteiger partial charge in [-0.1, -0.05) is 0 Å². The monoisotopic (exact) mass is 252 g/mol. The van der Waals surface area contributed by atoms with E-state index in [1.54, 1.807) is 11.3 Å². The molecule has 1 aliphatic heterocycles. The first-order chi connectivity index (χ1) is 7.79. The lowest BCUT2D eigenvalue weighted by Gasteiger charge is -2.28. The molecule has 0 aliphatic carbocycles. The van der Waals surface area contributed by atoms with Crippen LogP contribution in [0.3, 0.4) is 0 Å². The summed E-state index contributed by atoms with van der Waals surface area (Å²) >= 11 is 6.62. The number of nitrogens with one attached hydrogen (secondary N) is 1. The summed E-state index contributed by atoms with van der Waals surface area (Å²) in [6.07, 6.45) is 7.01. The van der Waals surface area contributed by atoms with Crippen molar-refractivity contribution in [2.75, 3.05) is 6.54 Å². The van der Waals surface area contributed by atoms with Crippen LogP contribution in [-0.2, 0) is 6.54 Å². The molecule has 0 spiro atoms. The number of thiazole rings is 1. The molecule has 6 heteroatoms. The summed E-state index contributed by atoms with van der Waals surface area (Å²) < 4.78 is 0.797. The van der Waals surface area contributed by atoms with E-state index in [1.165, 1.54) is 11.3 Å². The highest BCUT2D eigenvalue weighted by Crippen LogP contribution is 2.18. The van der Waals surface area contributed by atoms with Crippen molar-refractivity contribution in [1.29, 1.82) is 5.26 Å². The summed E-state index contributed by atoms with van der Waals surface area (Å²) in [6.45, 7) is 1.78. The molecule has 0 radical (unpaired) electrons. The van der Waals surface area contributed by atoms with Crippen molar-refractivity contribution in [3.05, 3.63) is 15.0 Å². The van der Waals surface area contributed by atoms with Crippen LogP contribution in [0.15, 0.2) is 11.2 Å². The highest BCUT2D eigenvalue weighted by Gasteiger charge is 2.17. The fraction of sp³-hybridized carbons (Fsp3) is 0.500. The Labute approximate surface area is 103 Å². The van der Waals surface area contributed by atoms with Crippen LogP contribution < -0.4 is 0 Å². The molecule has 1 aromatic rings. The van der Waals surface area contributed by atoms with Gasteiger partial charge in [0.2, 0.25) is 6.19 Å². The van der Waals surface area contributed by atoms with Crippen LogP contribution in [0.25, 0.3) is 0 Å². The Morgan fingerprint density at radius 2 is 2.50 bits per heavy atom. The quantitative estimate of drug-likeness (QED) is 0.650. The second-order valence-electron chi connectivity index (χ2n) is 3.65. The second kappa shape index (κ2) is 5.23. The predicted molar refractivity (Wildman–Crippen MR) is 66.8 cm³/mol. The third kappa shape index (κ3) is 2.68. The van der Waals surface area contributed by atoms with Crippen LogP contribution in [0.2, 0.25) is 0 Å². The van der Waals surface area contributed by atoms with Gasteiger partial charge < -0.3 is 9.88 Å². The Hall–Kier alpha value is -1.19. The summed E-state index contributed by atoms with van der Waals surface area (Å²) in [5.41, 5.74) is 0. The van der Waals surface area contributed by atoms with Gasteiger partial charge in [-0.2, -0.15) is 10.3 Å². The number of nitriles is 1. The Morgan fingerprint density at radius 3 is 3.19 bits per heavy atom. The van der Waals surface area contributed by atoms with Crippen LogP contribution >= 0.6 is 23.6 Å². The van der Waals surface area contributed by atoms with Crippen molar-refractivity contribution in [2.45, 2.75) is 25.8 Å². The Bertz CT molecular complexity index is 479. The summed E-state index contributed by atoms with van der Waals surface area (Å²) in [5, 5.41) is 8.62. The number of hydrogen-bond donors (Lipinski definition) is 1. The molecule has 1 saturated heterocycles. The molecule has 0 aromatic carbocycles. The van der Waals surface area contributed by atoms with Gasteiger partial charge in [-0.3, -0.25) is 0 Å². The van der Waals surface area contributed by atoms with E-state index in [4.69, 9.17) is 17.5 Å². The molecule has 0 amide bonds. The number of H-pyrrole nitrogens is 1. The minimum Gasteiger partial charge on any atom is -0.354 e. The largest absolute Gasteiger partial charge is 0.354 e. The Kier molecular flexibility index (Phi) is 3.70. The molecule has 0 unspecified atom stereocenters. The standard InChI is InChI=1S/C10H12N4S2/c11-7-13-9-3-1-2-4-14(9)6-8-5-12-10(15)16-8/h5H,1-4,6H2,(H,12,15). The first-order valence-electron chi connectivity index (χ1n) is 5.17. The van der Waals surface area contributed by atoms with Crippen LogP contribution in [0, 0.1) is 15.4 Å². The number of nitrogens with zero attached hydrogens (tertiary/aromatic N) is 3. The van der Waals surface area contributed by atoms with E-state index in [0.717, 1.165) is 35.7 Å². The highest BCUT2D eigenvalue weighted by atomic mass is 32.1. The number of aromatic nitrogens is 1. The molecule has 1 aliphatic rings. The molecule has 2 heterocycles. The lowest BCUT2D eigenvalue weighted by molar-refractivity contribution is 0.366. The van der Waals surface area contributed by atoms with Gasteiger partial charge in [0.05, 0.1) is 6.54 Å². The number of aromatic amines is 1. The number of hydrogen-bond acceptors (Lipinski definition) is 4. The zero-order valence-corrected chi connectivity index (χ0v) is 10.4. The minimum absolute atomic E-state index is 0.797. The van der Waals surface area contributed by atoms with Crippen molar-refractivity contribution < 1.29 is 0 Å². The zero-order chi connectivity index (χ0) is 11.4. The SMILES string of the molecule is N#CN=C1CCCCN1Cc1c[nH]c(=S)s1. The Balaban J connectivity index is 2.10. The molecule has 1 N–H and O–H groups in total. The van der Waals surface area contributed by atoms with Crippen molar-refractivity contribution in [3.8, 4) is 6.19 Å². The minimum atomic E-state index is 0.797. The van der Waals surface area contributed by atoms with E-state index >= 15 is 0 Å². The molecule has 2 rings (SSSR count). The molecular formula is C10H12N4S2. The van der Waals surface area contributed by atoms with Gasteiger partial charge in [-0.15, -0.1) is 11.3 Å². The molecule has 1 aromatic heterocycles. The van der Waals surface area contributed by atoms with E-state index in [0.29, 0.717) is 0 Å². The number of rotatable bonds is 2. The van der Waals surface area contributed by atoms with E-state index in [1.807, 2.05) is 12.4 Å². The maximum absolute atomic E-state index is 8.62. The van der Waals surface area contributed by atoms with Crippen LogP contribution in [-0.4, -0.2) is 22.3 Å². The average Bonchev–Trinajstić information content (AvgIpc) is 2.67. The van der Waals surface area contributed by atoms with Crippen molar-refractivity contribution >= 4 is 29.4 Å². The fourth-order valence-electron chi connectivity index (χ4n) is 1.81. The summed E-state index contributed by atoms with van der Waals surface area (Å²) in [7, 11) is 0. The molecule has 16 heavy (non-hydrogen) atoms. The third-order valence-corrected chi connectivity index (χ3v) is 3.72. The van der Waals surface area contributed by atoms with Gasteiger partial charge in [0.1, 0.15) is 5.84 Å². The van der Waals surface area contributed by atoms with E-state index in [2.05, 4.69) is 14.9 Å². The molecule has 1 fully saturated rings. The third-order valence-electron chi connectivity index (χ3n) is 2.54. The first-order valence-corrected chi connectivity index (χ1v) is 6.40. The van der Waals surface area contributed by atoms with E-state index in [9.17, 15) is 0 Å². The van der Waals surface area contributed by atoms with E-state index in [-0.39, 0.29) is 0 Å². The fourth-order valence-corrected chi connectivity index (χ4v) is 2.89. The topological polar surface area (TPSA) is 55.2 Å².